The molecule has 380 valence electrons. The molecule has 0 aliphatic rings. The maximum atomic E-state index is 14.3. The largest absolute Gasteiger partial charge is 0.383 e. The molecule has 0 radical (unpaired) electrons. The van der Waals surface area contributed by atoms with Crippen molar-refractivity contribution < 1.29 is 17.6 Å². The number of pyridine rings is 2. The summed E-state index contributed by atoms with van der Waals surface area (Å²) in [4.78, 5) is 64.8. The van der Waals surface area contributed by atoms with Crippen molar-refractivity contribution in [1.82, 2.24) is 68.2 Å². The molecule has 0 amide bonds. The fourth-order valence-electron chi connectivity index (χ4n) is 9.28. The number of benzene rings is 2. The number of nitrogens with two attached hydrogens (primary N) is 2. The van der Waals surface area contributed by atoms with Crippen molar-refractivity contribution in [3.63, 3.8) is 0 Å². The van der Waals surface area contributed by atoms with E-state index in [4.69, 9.17) is 31.6 Å². The molecule has 0 fully saturated rings. The molecule has 76 heavy (non-hydrogen) atoms. The maximum absolute atomic E-state index is 14.3. The summed E-state index contributed by atoms with van der Waals surface area (Å²) in [6, 6.07) is 15.3. The van der Waals surface area contributed by atoms with Gasteiger partial charge in [0.25, 0.3) is 11.1 Å². The van der Waals surface area contributed by atoms with Crippen LogP contribution in [0.2, 0.25) is 0 Å². The first-order valence-electron chi connectivity index (χ1n) is 23.3. The zero-order valence-corrected chi connectivity index (χ0v) is 42.6. The Labute approximate surface area is 434 Å². The van der Waals surface area contributed by atoms with Gasteiger partial charge >= 0.3 is 0 Å². The number of rotatable bonds is 8. The van der Waals surface area contributed by atoms with Gasteiger partial charge in [-0.25, -0.2) is 66.8 Å². The molecule has 10 aromatic heterocycles. The van der Waals surface area contributed by atoms with E-state index >= 15 is 0 Å². The third kappa shape index (κ3) is 8.45. The molecule has 2 aromatic carbocycles. The number of aromatic nitrogens is 14. The van der Waals surface area contributed by atoms with Crippen LogP contribution in [0.15, 0.2) is 107 Å². The summed E-state index contributed by atoms with van der Waals surface area (Å²) in [5, 5.41) is 12.6. The van der Waals surface area contributed by atoms with Crippen LogP contribution in [0, 0.1) is 51.0 Å². The number of nitrogen functional groups attached to an aromatic ring is 2. The van der Waals surface area contributed by atoms with Crippen molar-refractivity contribution in [1.29, 1.82) is 0 Å². The second-order valence-corrected chi connectivity index (χ2v) is 20.1. The Morgan fingerprint density at radius 1 is 0.526 bits per heavy atom. The van der Waals surface area contributed by atoms with Gasteiger partial charge in [0.1, 0.15) is 70.2 Å². The van der Waals surface area contributed by atoms with Gasteiger partial charge in [-0.1, -0.05) is 24.3 Å². The zero-order valence-electron chi connectivity index (χ0n) is 41.0. The molecule has 12 aromatic rings. The van der Waals surface area contributed by atoms with Crippen LogP contribution in [0.1, 0.15) is 58.7 Å². The summed E-state index contributed by atoms with van der Waals surface area (Å²) in [6.07, 6.45) is 4.81. The number of halogens is 4. The smallest absolute Gasteiger partial charge is 0.266 e. The van der Waals surface area contributed by atoms with Crippen molar-refractivity contribution in [2.24, 2.45) is 0 Å². The Morgan fingerprint density at radius 3 is 1.30 bits per heavy atom. The normalized spacial score (nSPS) is 12.4. The van der Waals surface area contributed by atoms with Gasteiger partial charge in [-0.3, -0.25) is 18.4 Å². The second-order valence-electron chi connectivity index (χ2n) is 17.7. The van der Waals surface area contributed by atoms with E-state index in [0.717, 1.165) is 52.4 Å². The van der Waals surface area contributed by atoms with E-state index in [1.54, 1.807) is 21.5 Å². The van der Waals surface area contributed by atoms with Gasteiger partial charge in [-0.05, 0) is 101 Å². The minimum Gasteiger partial charge on any atom is -0.383 e. The molecular weight excluding hydrogens is 1020 g/mol. The number of fused-ring (bicyclic) bond motifs is 4. The topological polar surface area (TPSA) is 234 Å². The van der Waals surface area contributed by atoms with Crippen LogP contribution in [0.3, 0.4) is 0 Å². The summed E-state index contributed by atoms with van der Waals surface area (Å²) in [7, 11) is 0. The third-order valence-electron chi connectivity index (χ3n) is 12.7. The second kappa shape index (κ2) is 19.0. The molecule has 0 spiro atoms. The molecule has 12 rings (SSSR count). The van der Waals surface area contributed by atoms with Crippen molar-refractivity contribution in [3.8, 4) is 43.4 Å². The number of hydrogen-bond donors (Lipinski definition) is 2. The Bertz CT molecular complexity index is 4170. The van der Waals surface area contributed by atoms with Crippen LogP contribution in [-0.4, -0.2) is 68.2 Å². The summed E-state index contributed by atoms with van der Waals surface area (Å²) < 4.78 is 62.1. The Balaban J connectivity index is 0.000000162. The van der Waals surface area contributed by atoms with Gasteiger partial charge in [0.15, 0.2) is 11.3 Å². The lowest BCUT2D eigenvalue weighted by atomic mass is 10.0. The molecule has 24 heteroatoms. The van der Waals surface area contributed by atoms with E-state index in [2.05, 4.69) is 29.9 Å². The molecule has 4 N–H and O–H groups in total. The van der Waals surface area contributed by atoms with Crippen LogP contribution in [-0.2, 0) is 0 Å². The minimum absolute atomic E-state index is 0.122. The van der Waals surface area contributed by atoms with E-state index in [1.807, 2.05) is 41.5 Å². The van der Waals surface area contributed by atoms with Crippen LogP contribution >= 0.6 is 22.7 Å². The number of hydrogen-bond acceptors (Lipinski definition) is 16. The molecule has 0 saturated heterocycles. The molecule has 0 unspecified atom stereocenters. The van der Waals surface area contributed by atoms with E-state index in [0.29, 0.717) is 56.0 Å². The van der Waals surface area contributed by atoms with Crippen molar-refractivity contribution in [2.75, 3.05) is 11.5 Å². The van der Waals surface area contributed by atoms with Crippen LogP contribution < -0.4 is 22.6 Å². The average molecular weight is 1060 g/mol. The molecule has 2 atom stereocenters. The van der Waals surface area contributed by atoms with Crippen molar-refractivity contribution >= 4 is 67.7 Å². The SMILES string of the molecule is Cc1nc(C)c(-c2nn([C@@H](C)c3nc4ccc(F)cn4c(=O)c3-c3cccc(F)c3)c3ncnc(N)c23)s1.Cc1nc(C)c(-c2nn([C@H](C)c3nc4ccc(F)cn4c(=O)c3-c3cccc(F)c3)c3ncnc(N)c23)s1. The lowest BCUT2D eigenvalue weighted by Gasteiger charge is -2.18. The lowest BCUT2D eigenvalue weighted by molar-refractivity contribution is 0.566. The molecule has 0 aliphatic heterocycles. The van der Waals surface area contributed by atoms with Crippen molar-refractivity contribution in [3.05, 3.63) is 175 Å². The first-order valence-corrected chi connectivity index (χ1v) is 24.9. The Hall–Kier alpha value is -9.16. The van der Waals surface area contributed by atoms with Crippen LogP contribution in [0.25, 0.3) is 76.8 Å². The van der Waals surface area contributed by atoms with E-state index < -0.39 is 46.5 Å². The van der Waals surface area contributed by atoms with E-state index in [1.165, 1.54) is 96.0 Å². The summed E-state index contributed by atoms with van der Waals surface area (Å²) in [6.45, 7) is 11.2. The maximum Gasteiger partial charge on any atom is 0.266 e. The van der Waals surface area contributed by atoms with Gasteiger partial charge in [0.2, 0.25) is 0 Å². The molecule has 18 nitrogen and oxygen atoms in total. The monoisotopic (exact) mass is 1060 g/mol. The number of anilines is 2. The fourth-order valence-corrected chi connectivity index (χ4v) is 11.1. The molecule has 0 bridgehead atoms. The molecule has 10 heterocycles. The van der Waals surface area contributed by atoms with Gasteiger partial charge < -0.3 is 11.5 Å². The van der Waals surface area contributed by atoms with E-state index in [9.17, 15) is 27.2 Å². The zero-order chi connectivity index (χ0) is 53.4. The summed E-state index contributed by atoms with van der Waals surface area (Å²) in [5.74, 6) is -1.74. The first-order chi connectivity index (χ1) is 36.4. The van der Waals surface area contributed by atoms with Crippen LogP contribution in [0.5, 0.6) is 0 Å². The average Bonchev–Trinajstić information content (AvgIpc) is 4.16. The summed E-state index contributed by atoms with van der Waals surface area (Å²) >= 11 is 2.95. The van der Waals surface area contributed by atoms with Crippen molar-refractivity contribution in [2.45, 2.75) is 53.6 Å². The highest BCUT2D eigenvalue weighted by atomic mass is 32.1. The van der Waals surface area contributed by atoms with Gasteiger partial charge in [0.05, 0.1) is 76.5 Å². The predicted octanol–water partition coefficient (Wildman–Crippen LogP) is 9.42. The van der Waals surface area contributed by atoms with Crippen LogP contribution in [0.4, 0.5) is 29.2 Å². The Kier molecular flexibility index (Phi) is 12.2. The number of thiazole rings is 2. The molecule has 0 aliphatic carbocycles. The van der Waals surface area contributed by atoms with E-state index in [-0.39, 0.29) is 34.1 Å². The van der Waals surface area contributed by atoms with Gasteiger partial charge in [0, 0.05) is 12.4 Å². The summed E-state index contributed by atoms with van der Waals surface area (Å²) in [5.41, 5.74) is 17.1. The first kappa shape index (κ1) is 49.1. The quantitative estimate of drug-likeness (QED) is 0.135. The number of aryl methyl sites for hydroxylation is 4. The number of nitrogens with zero attached hydrogens (tertiary/aromatic N) is 14. The lowest BCUT2D eigenvalue weighted by Crippen LogP contribution is -2.23. The standard InChI is InChI=1S/2C26H20F2N8OS/c2*1-12-23(38-14(3)32-12)22-20-24(29)30-11-31-25(20)36(34-22)13(2)21-19(15-5-4-6-16(27)9-15)26(37)35-10-17(28)7-8-18(35)33-21/h2*4-11,13H,1-3H3,(H2,29,30,31)/t2*13-/m10/s1. The fraction of sp³-hybridized carbons (Fsp3) is 0.154. The highest BCUT2D eigenvalue weighted by Crippen LogP contribution is 2.40. The highest BCUT2D eigenvalue weighted by Gasteiger charge is 2.30. The molecule has 0 saturated carbocycles. The van der Waals surface area contributed by atoms with Gasteiger partial charge in [-0.15, -0.1) is 22.7 Å². The minimum atomic E-state index is -0.657. The molecular formula is C52H40F4N16O2S2. The predicted molar refractivity (Wildman–Crippen MR) is 282 cm³/mol. The highest BCUT2D eigenvalue weighted by molar-refractivity contribution is 7.15. The third-order valence-corrected chi connectivity index (χ3v) is 14.8. The van der Waals surface area contributed by atoms with Gasteiger partial charge in [-0.2, -0.15) is 10.2 Å². The Morgan fingerprint density at radius 2 is 0.934 bits per heavy atom.